The van der Waals surface area contributed by atoms with Crippen LogP contribution in [0.25, 0.3) is 0 Å². The number of hydrogen-bond donors (Lipinski definition) is 2. The minimum absolute atomic E-state index is 0.260. The molecule has 1 unspecified atom stereocenters. The van der Waals surface area contributed by atoms with Crippen LogP contribution in [0.1, 0.15) is 98.8 Å². The summed E-state index contributed by atoms with van der Waals surface area (Å²) < 4.78 is 0. The zero-order valence-electron chi connectivity index (χ0n) is 20.8. The van der Waals surface area contributed by atoms with Gasteiger partial charge in [0.05, 0.1) is 11.7 Å². The fourth-order valence-corrected chi connectivity index (χ4v) is 7.00. The Morgan fingerprint density at radius 2 is 1.90 bits per heavy atom. The van der Waals surface area contributed by atoms with E-state index in [1.165, 1.54) is 44.1 Å². The number of allylic oxidation sites excluding steroid dienone is 4. The van der Waals surface area contributed by atoms with Crippen molar-refractivity contribution in [2.75, 3.05) is 0 Å². The Morgan fingerprint density at radius 1 is 1.19 bits per heavy atom. The van der Waals surface area contributed by atoms with Crippen molar-refractivity contribution >= 4 is 0 Å². The second-order valence-corrected chi connectivity index (χ2v) is 12.0. The third kappa shape index (κ3) is 4.96. The molecule has 174 valence electrons. The van der Waals surface area contributed by atoms with Gasteiger partial charge in [-0.2, -0.15) is 0 Å². The number of aliphatic hydroxyl groups excluding tert-OH is 1. The van der Waals surface area contributed by atoms with Crippen LogP contribution in [0.5, 0.6) is 0 Å². The van der Waals surface area contributed by atoms with E-state index in [2.05, 4.69) is 46.1 Å². The van der Waals surface area contributed by atoms with Gasteiger partial charge >= 0.3 is 0 Å². The summed E-state index contributed by atoms with van der Waals surface area (Å²) in [6.07, 6.45) is 15.2. The van der Waals surface area contributed by atoms with E-state index in [-0.39, 0.29) is 5.41 Å². The lowest BCUT2D eigenvalue weighted by atomic mass is 9.53. The van der Waals surface area contributed by atoms with Crippen molar-refractivity contribution < 1.29 is 10.2 Å². The summed E-state index contributed by atoms with van der Waals surface area (Å²) in [6, 6.07) is 0. The number of hydrogen-bond acceptors (Lipinski definition) is 2. The summed E-state index contributed by atoms with van der Waals surface area (Å²) in [4.78, 5) is 0. The van der Waals surface area contributed by atoms with Crippen LogP contribution in [0, 0.1) is 22.7 Å². The Hall–Kier alpha value is -1.12. The average molecular weight is 427 g/mol. The van der Waals surface area contributed by atoms with Crippen molar-refractivity contribution in [1.82, 2.24) is 0 Å². The molecule has 0 spiro atoms. The van der Waals surface area contributed by atoms with Crippen LogP contribution in [0.4, 0.5) is 0 Å². The molecule has 0 heterocycles. The van der Waals surface area contributed by atoms with Crippen LogP contribution in [-0.4, -0.2) is 21.9 Å². The summed E-state index contributed by atoms with van der Waals surface area (Å²) in [5, 5.41) is 20.3. The van der Waals surface area contributed by atoms with Crippen molar-refractivity contribution in [3.63, 3.8) is 0 Å². The predicted octanol–water partition coefficient (Wildman–Crippen LogP) is 7.29. The minimum atomic E-state index is -0.550. The van der Waals surface area contributed by atoms with Crippen LogP contribution in [-0.2, 0) is 0 Å². The second-order valence-electron chi connectivity index (χ2n) is 12.0. The highest BCUT2D eigenvalue weighted by atomic mass is 16.3. The molecule has 3 saturated carbocycles. The van der Waals surface area contributed by atoms with Gasteiger partial charge in [-0.3, -0.25) is 0 Å². The second kappa shape index (κ2) is 9.02. The summed E-state index contributed by atoms with van der Waals surface area (Å²) in [5.74, 6) is 1.46. The SMILES string of the molecule is C=C1CC(=C)[C@H](O)C/C1=C/C=C1\CCCC2(C)[C@@H]([C@H](C)CCCC(C)(C)O)CC[C@@]12C. The standard InChI is InChI=1S/C29H46O2/c1-20(10-8-15-27(4,5)31)25-14-17-28(6)24(11-9-16-29(25,28)7)13-12-23-19-26(30)22(3)18-21(23)2/h12-13,20,25-26,30-31H,2-3,8-11,14-19H2,1,4-7H3/b23-12-,24-13+/t20-,25-,26-,28+,29?/m1/s1. The lowest BCUT2D eigenvalue weighted by Crippen LogP contribution is -2.43. The molecule has 5 atom stereocenters. The van der Waals surface area contributed by atoms with Gasteiger partial charge in [0, 0.05) is 6.42 Å². The molecule has 3 fully saturated rings. The molecule has 0 radical (unpaired) electrons. The van der Waals surface area contributed by atoms with Gasteiger partial charge in [-0.1, -0.05) is 64.5 Å². The summed E-state index contributed by atoms with van der Waals surface area (Å²) in [7, 11) is 0. The van der Waals surface area contributed by atoms with E-state index in [0.29, 0.717) is 17.8 Å². The van der Waals surface area contributed by atoms with Gasteiger partial charge in [-0.25, -0.2) is 0 Å². The molecule has 0 aromatic heterocycles. The lowest BCUT2D eigenvalue weighted by Gasteiger charge is -2.51. The lowest BCUT2D eigenvalue weighted by molar-refractivity contribution is 0.0300. The largest absolute Gasteiger partial charge is 0.390 e. The van der Waals surface area contributed by atoms with E-state index in [4.69, 9.17) is 0 Å². The van der Waals surface area contributed by atoms with Crippen LogP contribution in [0.3, 0.4) is 0 Å². The van der Waals surface area contributed by atoms with Crippen molar-refractivity contribution in [1.29, 1.82) is 0 Å². The smallest absolute Gasteiger partial charge is 0.0791 e. The van der Waals surface area contributed by atoms with Crippen LogP contribution < -0.4 is 0 Å². The Balaban J connectivity index is 1.77. The van der Waals surface area contributed by atoms with E-state index in [0.717, 1.165) is 36.3 Å². The quantitative estimate of drug-likeness (QED) is 0.438. The molecule has 0 bridgehead atoms. The minimum Gasteiger partial charge on any atom is -0.390 e. The first-order chi connectivity index (χ1) is 14.4. The Labute approximate surface area is 191 Å². The van der Waals surface area contributed by atoms with Crippen molar-refractivity contribution in [2.45, 2.75) is 111 Å². The van der Waals surface area contributed by atoms with Gasteiger partial charge in [-0.15, -0.1) is 0 Å². The number of rotatable bonds is 6. The molecule has 0 amide bonds. The molecule has 3 rings (SSSR count). The maximum atomic E-state index is 10.2. The Kier molecular flexibility index (Phi) is 7.14. The predicted molar refractivity (Wildman–Crippen MR) is 132 cm³/mol. The highest BCUT2D eigenvalue weighted by Crippen LogP contribution is 2.67. The molecule has 0 aliphatic heterocycles. The molecular weight excluding hydrogens is 380 g/mol. The van der Waals surface area contributed by atoms with Crippen LogP contribution in [0.15, 0.2) is 47.6 Å². The van der Waals surface area contributed by atoms with Gasteiger partial charge in [-0.05, 0) is 98.2 Å². The Morgan fingerprint density at radius 3 is 2.58 bits per heavy atom. The highest BCUT2D eigenvalue weighted by Gasteiger charge is 2.57. The summed E-state index contributed by atoms with van der Waals surface area (Å²) in [6.45, 7) is 19.6. The molecule has 0 saturated heterocycles. The molecule has 0 aromatic carbocycles. The fourth-order valence-electron chi connectivity index (χ4n) is 7.00. The first kappa shape index (κ1) is 24.5. The van der Waals surface area contributed by atoms with Gasteiger partial charge < -0.3 is 10.2 Å². The molecule has 2 N–H and O–H groups in total. The number of aliphatic hydroxyl groups is 2. The molecule has 2 heteroatoms. The normalized spacial score (nSPS) is 38.0. The monoisotopic (exact) mass is 426 g/mol. The molecule has 2 nitrogen and oxygen atoms in total. The first-order valence-corrected chi connectivity index (χ1v) is 12.5. The van der Waals surface area contributed by atoms with Gasteiger partial charge in [0.1, 0.15) is 0 Å². The van der Waals surface area contributed by atoms with Gasteiger partial charge in [0.2, 0.25) is 0 Å². The van der Waals surface area contributed by atoms with Gasteiger partial charge in [0.15, 0.2) is 0 Å². The van der Waals surface area contributed by atoms with Crippen molar-refractivity contribution in [3.05, 3.63) is 47.6 Å². The zero-order valence-corrected chi connectivity index (χ0v) is 20.8. The van der Waals surface area contributed by atoms with Crippen molar-refractivity contribution in [3.8, 4) is 0 Å². The maximum Gasteiger partial charge on any atom is 0.0791 e. The molecular formula is C29H46O2. The van der Waals surface area contributed by atoms with E-state index in [9.17, 15) is 10.2 Å². The Bertz CT molecular complexity index is 764. The first-order valence-electron chi connectivity index (χ1n) is 12.5. The third-order valence-corrected chi connectivity index (χ3v) is 9.28. The van der Waals surface area contributed by atoms with E-state index < -0.39 is 11.7 Å². The van der Waals surface area contributed by atoms with E-state index in [1.807, 2.05) is 13.8 Å². The topological polar surface area (TPSA) is 40.5 Å². The average Bonchev–Trinajstić information content (AvgIpc) is 2.94. The van der Waals surface area contributed by atoms with E-state index in [1.54, 1.807) is 5.57 Å². The molecule has 3 aliphatic rings. The van der Waals surface area contributed by atoms with E-state index >= 15 is 0 Å². The van der Waals surface area contributed by atoms with Crippen molar-refractivity contribution in [2.24, 2.45) is 22.7 Å². The maximum absolute atomic E-state index is 10.2. The third-order valence-electron chi connectivity index (χ3n) is 9.28. The molecule has 31 heavy (non-hydrogen) atoms. The zero-order chi connectivity index (χ0) is 23.0. The highest BCUT2D eigenvalue weighted by molar-refractivity contribution is 5.42. The van der Waals surface area contributed by atoms with Crippen LogP contribution >= 0.6 is 0 Å². The molecule has 0 aromatic rings. The van der Waals surface area contributed by atoms with Gasteiger partial charge in [0.25, 0.3) is 0 Å². The molecule has 3 aliphatic carbocycles. The summed E-state index contributed by atoms with van der Waals surface area (Å²) >= 11 is 0. The summed E-state index contributed by atoms with van der Waals surface area (Å²) in [5.41, 5.74) is 4.86. The fraction of sp³-hybridized carbons (Fsp3) is 0.724. The van der Waals surface area contributed by atoms with Crippen LogP contribution in [0.2, 0.25) is 0 Å². The number of fused-ring (bicyclic) bond motifs is 1.